The molecule has 0 aliphatic carbocycles. The molecule has 2 saturated heterocycles. The molecule has 0 saturated carbocycles. The number of nitrogens with zero attached hydrogens (tertiary/aromatic N) is 3. The zero-order chi connectivity index (χ0) is 17.4. The molecule has 0 aromatic heterocycles. The highest BCUT2D eigenvalue weighted by Gasteiger charge is 2.49. The summed E-state index contributed by atoms with van der Waals surface area (Å²) in [5.41, 5.74) is 2.43. The van der Waals surface area contributed by atoms with Gasteiger partial charge in [-0.3, -0.25) is 24.6 Å². The zero-order valence-electron chi connectivity index (χ0n) is 12.6. The minimum atomic E-state index is -4.83. The topological polar surface area (TPSA) is 137 Å². The van der Waals surface area contributed by atoms with Gasteiger partial charge in [0.2, 0.25) is 5.91 Å². The van der Waals surface area contributed by atoms with Crippen molar-refractivity contribution in [2.45, 2.75) is 38.8 Å². The minimum absolute atomic E-state index is 0.0959. The highest BCUT2D eigenvalue weighted by molar-refractivity contribution is 7.80. The molecule has 2 bridgehead atoms. The van der Waals surface area contributed by atoms with Gasteiger partial charge in [0, 0.05) is 20.0 Å². The number of carbonyl (C=O) groups excluding carboxylic acids is 3. The summed E-state index contributed by atoms with van der Waals surface area (Å²) in [6, 6.07) is -2.23. The molecule has 0 aromatic rings. The standard InChI is InChI=1S/C11H18N4O7S/c1-3-14(7(2)16)12-10(17)9-5-4-8-6-13(9)11(18)15(8)22-23(19,20)21/h8-9H,3-6H2,1-2H3,(H,12,17)(H,19,20,21). The van der Waals surface area contributed by atoms with Gasteiger partial charge in [-0.05, 0) is 19.8 Å². The van der Waals surface area contributed by atoms with E-state index in [9.17, 15) is 22.8 Å². The predicted molar refractivity (Wildman–Crippen MR) is 74.6 cm³/mol. The Kier molecular flexibility index (Phi) is 4.77. The van der Waals surface area contributed by atoms with E-state index in [1.54, 1.807) is 6.92 Å². The van der Waals surface area contributed by atoms with Crippen LogP contribution in [0.5, 0.6) is 0 Å². The fourth-order valence-corrected chi connectivity index (χ4v) is 3.08. The lowest BCUT2D eigenvalue weighted by molar-refractivity contribution is -0.142. The Morgan fingerprint density at radius 3 is 2.61 bits per heavy atom. The van der Waals surface area contributed by atoms with Crippen molar-refractivity contribution in [2.75, 3.05) is 13.1 Å². The lowest BCUT2D eigenvalue weighted by Gasteiger charge is -2.31. The highest BCUT2D eigenvalue weighted by Crippen LogP contribution is 2.30. The van der Waals surface area contributed by atoms with Crippen LogP contribution in [0.3, 0.4) is 0 Å². The quantitative estimate of drug-likeness (QED) is 0.484. The summed E-state index contributed by atoms with van der Waals surface area (Å²) in [4.78, 5) is 36.9. The van der Waals surface area contributed by atoms with E-state index in [0.29, 0.717) is 11.5 Å². The van der Waals surface area contributed by atoms with Crippen LogP contribution in [-0.2, 0) is 24.3 Å². The molecule has 0 radical (unpaired) electrons. The van der Waals surface area contributed by atoms with Crippen molar-refractivity contribution >= 4 is 28.2 Å². The van der Waals surface area contributed by atoms with Gasteiger partial charge in [0.05, 0.1) is 6.04 Å². The Morgan fingerprint density at radius 2 is 2.09 bits per heavy atom. The van der Waals surface area contributed by atoms with Gasteiger partial charge in [-0.15, -0.1) is 4.28 Å². The van der Waals surface area contributed by atoms with E-state index in [2.05, 4.69) is 9.71 Å². The SMILES string of the molecule is CCN(NC(=O)C1CCC2CN1C(=O)N2OS(=O)(=O)O)C(C)=O. The highest BCUT2D eigenvalue weighted by atomic mass is 32.3. The van der Waals surface area contributed by atoms with Gasteiger partial charge < -0.3 is 4.90 Å². The minimum Gasteiger partial charge on any atom is -0.309 e. The third-order valence-electron chi connectivity index (χ3n) is 3.74. The number of hydrogen-bond acceptors (Lipinski definition) is 6. The van der Waals surface area contributed by atoms with Gasteiger partial charge in [0.1, 0.15) is 6.04 Å². The second-order valence-corrected chi connectivity index (χ2v) is 6.25. The summed E-state index contributed by atoms with van der Waals surface area (Å²) in [6.45, 7) is 3.34. The third kappa shape index (κ3) is 3.71. The smallest absolute Gasteiger partial charge is 0.309 e. The van der Waals surface area contributed by atoms with Crippen LogP contribution >= 0.6 is 0 Å². The molecule has 2 fully saturated rings. The van der Waals surface area contributed by atoms with E-state index >= 15 is 0 Å². The molecule has 4 amide bonds. The molecule has 2 N–H and O–H groups in total. The number of hydrazine groups is 1. The lowest BCUT2D eigenvalue weighted by atomic mass is 10.0. The lowest BCUT2D eigenvalue weighted by Crippen LogP contribution is -2.55. The maximum Gasteiger partial charge on any atom is 0.418 e. The molecule has 12 heteroatoms. The van der Waals surface area contributed by atoms with Crippen molar-refractivity contribution in [3.05, 3.63) is 0 Å². The van der Waals surface area contributed by atoms with Crippen LogP contribution in [0, 0.1) is 0 Å². The molecule has 11 nitrogen and oxygen atoms in total. The Morgan fingerprint density at radius 1 is 1.43 bits per heavy atom. The summed E-state index contributed by atoms with van der Waals surface area (Å²) >= 11 is 0. The van der Waals surface area contributed by atoms with Gasteiger partial charge in [-0.1, -0.05) is 0 Å². The molecular weight excluding hydrogens is 332 g/mol. The van der Waals surface area contributed by atoms with Crippen LogP contribution in [0.25, 0.3) is 0 Å². The van der Waals surface area contributed by atoms with Crippen LogP contribution < -0.4 is 5.43 Å². The fourth-order valence-electron chi connectivity index (χ4n) is 2.69. The van der Waals surface area contributed by atoms with Gasteiger partial charge in [0.25, 0.3) is 5.91 Å². The van der Waals surface area contributed by atoms with E-state index in [0.717, 1.165) is 9.91 Å². The van der Waals surface area contributed by atoms with E-state index in [1.807, 2.05) is 0 Å². The maximum absolute atomic E-state index is 12.3. The van der Waals surface area contributed by atoms with Gasteiger partial charge in [0.15, 0.2) is 0 Å². The molecule has 23 heavy (non-hydrogen) atoms. The molecule has 0 aromatic carbocycles. The first-order chi connectivity index (χ1) is 10.6. The van der Waals surface area contributed by atoms with Crippen LogP contribution in [0.4, 0.5) is 4.79 Å². The van der Waals surface area contributed by atoms with Crippen molar-refractivity contribution in [2.24, 2.45) is 0 Å². The number of nitrogens with one attached hydrogen (secondary N) is 1. The second-order valence-electron chi connectivity index (χ2n) is 5.25. The second kappa shape index (κ2) is 6.29. The predicted octanol–water partition coefficient (Wildman–Crippen LogP) is -1.11. The number of fused-ring (bicyclic) bond motifs is 2. The van der Waals surface area contributed by atoms with Crippen LogP contribution in [-0.4, -0.2) is 71.0 Å². The molecule has 2 aliphatic heterocycles. The van der Waals surface area contributed by atoms with Crippen LogP contribution in [0.15, 0.2) is 0 Å². The van der Waals surface area contributed by atoms with Crippen molar-refractivity contribution in [1.82, 2.24) is 20.4 Å². The average molecular weight is 350 g/mol. The zero-order valence-corrected chi connectivity index (χ0v) is 13.4. The molecule has 2 atom stereocenters. The monoisotopic (exact) mass is 350 g/mol. The summed E-state index contributed by atoms with van der Waals surface area (Å²) in [6.07, 6.45) is 0.602. The molecule has 0 spiro atoms. The van der Waals surface area contributed by atoms with Gasteiger partial charge >= 0.3 is 16.4 Å². The Labute approximate surface area is 133 Å². The summed E-state index contributed by atoms with van der Waals surface area (Å²) in [5.74, 6) is -0.888. The number of hydrogen-bond donors (Lipinski definition) is 2. The summed E-state index contributed by atoms with van der Waals surface area (Å²) in [7, 11) is -4.83. The number of carbonyl (C=O) groups is 3. The number of rotatable bonds is 4. The summed E-state index contributed by atoms with van der Waals surface area (Å²) < 4.78 is 34.6. The van der Waals surface area contributed by atoms with E-state index in [1.165, 1.54) is 6.92 Å². The van der Waals surface area contributed by atoms with Gasteiger partial charge in [-0.25, -0.2) is 4.79 Å². The molecule has 2 heterocycles. The Hall–Kier alpha value is -1.92. The Bertz CT molecular complexity index is 622. The number of hydroxylamine groups is 2. The number of urea groups is 1. The van der Waals surface area contributed by atoms with Crippen molar-refractivity contribution < 1.29 is 31.6 Å². The van der Waals surface area contributed by atoms with E-state index in [4.69, 9.17) is 4.55 Å². The average Bonchev–Trinajstić information content (AvgIpc) is 2.68. The molecule has 2 rings (SSSR count). The van der Waals surface area contributed by atoms with Crippen molar-refractivity contribution in [3.63, 3.8) is 0 Å². The maximum atomic E-state index is 12.3. The first kappa shape index (κ1) is 17.4. The molecule has 2 aliphatic rings. The number of amides is 4. The van der Waals surface area contributed by atoms with Crippen molar-refractivity contribution in [3.8, 4) is 0 Å². The van der Waals surface area contributed by atoms with Crippen LogP contribution in [0.2, 0.25) is 0 Å². The molecule has 130 valence electrons. The van der Waals surface area contributed by atoms with Crippen LogP contribution in [0.1, 0.15) is 26.7 Å². The van der Waals surface area contributed by atoms with E-state index < -0.39 is 34.4 Å². The first-order valence-electron chi connectivity index (χ1n) is 6.99. The van der Waals surface area contributed by atoms with E-state index in [-0.39, 0.29) is 25.4 Å². The largest absolute Gasteiger partial charge is 0.418 e. The fraction of sp³-hybridized carbons (Fsp3) is 0.727. The third-order valence-corrected chi connectivity index (χ3v) is 4.09. The van der Waals surface area contributed by atoms with Gasteiger partial charge in [-0.2, -0.15) is 13.5 Å². The Balaban J connectivity index is 2.09. The first-order valence-corrected chi connectivity index (χ1v) is 8.36. The molecular formula is C11H18N4O7S. The summed E-state index contributed by atoms with van der Waals surface area (Å²) in [5, 5.41) is 1.67. The molecule has 2 unspecified atom stereocenters. The normalized spacial score (nSPS) is 23.9. The van der Waals surface area contributed by atoms with Crippen molar-refractivity contribution in [1.29, 1.82) is 0 Å². The number of piperidine rings is 1.